The number of nitrogens with zero attached hydrogens (tertiary/aromatic N) is 1. The van der Waals surface area contributed by atoms with E-state index < -0.39 is 5.60 Å². The maximum absolute atomic E-state index is 10.1. The molecule has 1 heterocycles. The lowest BCUT2D eigenvalue weighted by Crippen LogP contribution is -2.42. The van der Waals surface area contributed by atoms with Crippen LogP contribution in [0.25, 0.3) is 0 Å². The molecule has 17 heavy (non-hydrogen) atoms. The molecule has 1 unspecified atom stereocenters. The molecule has 0 saturated carbocycles. The molecule has 0 fully saturated rings. The predicted octanol–water partition coefficient (Wildman–Crippen LogP) is 1.79. The third-order valence-corrected chi connectivity index (χ3v) is 3.71. The maximum Gasteiger partial charge on any atom is 0.0743 e. The lowest BCUT2D eigenvalue weighted by atomic mass is 9.96. The highest BCUT2D eigenvalue weighted by atomic mass is 16.3. The molecule has 0 radical (unpaired) electrons. The molecule has 1 aromatic carbocycles. The molecule has 0 aliphatic carbocycles. The monoisotopic (exact) mass is 234 g/mol. The molecular weight excluding hydrogens is 212 g/mol. The molecule has 3 heteroatoms. The Labute approximate surface area is 103 Å². The first-order chi connectivity index (χ1) is 8.02. The van der Waals surface area contributed by atoms with Gasteiger partial charge in [0.25, 0.3) is 0 Å². The van der Waals surface area contributed by atoms with Crippen LogP contribution in [-0.4, -0.2) is 28.7 Å². The number of nitrogen functional groups attached to an aromatic ring is 1. The zero-order valence-corrected chi connectivity index (χ0v) is 10.7. The van der Waals surface area contributed by atoms with E-state index in [1.54, 1.807) is 0 Å². The van der Waals surface area contributed by atoms with Crippen LogP contribution in [0.4, 0.5) is 5.69 Å². The van der Waals surface area contributed by atoms with Crippen LogP contribution in [0.15, 0.2) is 18.2 Å². The number of nitrogens with two attached hydrogens (primary N) is 1. The van der Waals surface area contributed by atoms with Crippen molar-refractivity contribution in [1.82, 2.24) is 4.90 Å². The molecular formula is C14H22N2O. The van der Waals surface area contributed by atoms with Crippen molar-refractivity contribution in [3.8, 4) is 0 Å². The van der Waals surface area contributed by atoms with E-state index in [1.165, 1.54) is 11.1 Å². The van der Waals surface area contributed by atoms with Gasteiger partial charge in [-0.1, -0.05) is 19.1 Å². The fourth-order valence-electron chi connectivity index (χ4n) is 2.43. The van der Waals surface area contributed by atoms with Crippen molar-refractivity contribution in [2.24, 2.45) is 0 Å². The summed E-state index contributed by atoms with van der Waals surface area (Å²) in [7, 11) is 0. The number of fused-ring (bicyclic) bond motifs is 1. The Morgan fingerprint density at radius 2 is 2.24 bits per heavy atom. The third-order valence-electron chi connectivity index (χ3n) is 3.71. The van der Waals surface area contributed by atoms with Crippen molar-refractivity contribution in [2.75, 3.05) is 18.8 Å². The molecule has 0 bridgehead atoms. The summed E-state index contributed by atoms with van der Waals surface area (Å²) >= 11 is 0. The van der Waals surface area contributed by atoms with Crippen molar-refractivity contribution in [3.63, 3.8) is 0 Å². The lowest BCUT2D eigenvalue weighted by molar-refractivity contribution is 0.0125. The normalized spacial score (nSPS) is 19.7. The van der Waals surface area contributed by atoms with Gasteiger partial charge in [-0.2, -0.15) is 0 Å². The van der Waals surface area contributed by atoms with E-state index in [0.29, 0.717) is 0 Å². The van der Waals surface area contributed by atoms with Crippen molar-refractivity contribution in [2.45, 2.75) is 38.8 Å². The quantitative estimate of drug-likeness (QED) is 0.784. The molecule has 0 spiro atoms. The zero-order valence-electron chi connectivity index (χ0n) is 10.7. The molecule has 94 valence electrons. The molecule has 1 aromatic rings. The zero-order chi connectivity index (χ0) is 12.5. The van der Waals surface area contributed by atoms with Gasteiger partial charge in [0, 0.05) is 25.3 Å². The van der Waals surface area contributed by atoms with E-state index in [0.717, 1.165) is 38.2 Å². The van der Waals surface area contributed by atoms with Gasteiger partial charge >= 0.3 is 0 Å². The van der Waals surface area contributed by atoms with Gasteiger partial charge in [0.15, 0.2) is 0 Å². The molecule has 1 aliphatic rings. The Morgan fingerprint density at radius 1 is 1.47 bits per heavy atom. The Balaban J connectivity index is 2.09. The maximum atomic E-state index is 10.1. The van der Waals surface area contributed by atoms with Crippen molar-refractivity contribution in [3.05, 3.63) is 29.3 Å². The summed E-state index contributed by atoms with van der Waals surface area (Å²) in [5.74, 6) is 0. The number of β-amino-alcohol motifs (C(OH)–C–C–N with tert-alkyl or cyclic N) is 1. The summed E-state index contributed by atoms with van der Waals surface area (Å²) in [5, 5.41) is 10.1. The molecule has 0 aromatic heterocycles. The van der Waals surface area contributed by atoms with Gasteiger partial charge in [0.05, 0.1) is 5.60 Å². The van der Waals surface area contributed by atoms with Gasteiger partial charge in [-0.15, -0.1) is 0 Å². The number of benzene rings is 1. The molecule has 1 aliphatic heterocycles. The topological polar surface area (TPSA) is 49.5 Å². The average molecular weight is 234 g/mol. The van der Waals surface area contributed by atoms with Crippen LogP contribution < -0.4 is 5.73 Å². The van der Waals surface area contributed by atoms with Crippen LogP contribution in [-0.2, 0) is 13.0 Å². The van der Waals surface area contributed by atoms with Crippen LogP contribution in [0.5, 0.6) is 0 Å². The van der Waals surface area contributed by atoms with Gasteiger partial charge in [-0.25, -0.2) is 0 Å². The van der Waals surface area contributed by atoms with E-state index in [9.17, 15) is 5.11 Å². The number of hydrogen-bond acceptors (Lipinski definition) is 3. The molecule has 3 nitrogen and oxygen atoms in total. The standard InChI is InChI=1S/C14H22N2O/c1-3-14(2,17)10-16-8-7-12-11(9-16)5-4-6-13(12)15/h4-6,17H,3,7-10,15H2,1-2H3. The number of hydrogen-bond donors (Lipinski definition) is 2. The second kappa shape index (κ2) is 4.67. The first-order valence-electron chi connectivity index (χ1n) is 6.33. The highest BCUT2D eigenvalue weighted by Crippen LogP contribution is 2.25. The second-order valence-electron chi connectivity index (χ2n) is 5.30. The van der Waals surface area contributed by atoms with Gasteiger partial charge < -0.3 is 10.8 Å². The van der Waals surface area contributed by atoms with Gasteiger partial charge in [-0.3, -0.25) is 4.90 Å². The summed E-state index contributed by atoms with van der Waals surface area (Å²) in [4.78, 5) is 2.31. The SMILES string of the molecule is CCC(C)(O)CN1CCc2c(N)cccc2C1. The van der Waals surface area contributed by atoms with Crippen molar-refractivity contribution < 1.29 is 5.11 Å². The minimum absolute atomic E-state index is 0.585. The largest absolute Gasteiger partial charge is 0.398 e. The summed E-state index contributed by atoms with van der Waals surface area (Å²) in [6.07, 6.45) is 1.77. The first-order valence-corrected chi connectivity index (χ1v) is 6.33. The Bertz CT molecular complexity index is 401. The summed E-state index contributed by atoms with van der Waals surface area (Å²) in [5.41, 5.74) is 8.89. The second-order valence-corrected chi connectivity index (χ2v) is 5.30. The van der Waals surface area contributed by atoms with Crippen LogP contribution in [0, 0.1) is 0 Å². The molecule has 0 saturated heterocycles. The molecule has 3 N–H and O–H groups in total. The van der Waals surface area contributed by atoms with Crippen LogP contribution in [0.1, 0.15) is 31.4 Å². The summed E-state index contributed by atoms with van der Waals surface area (Å²) < 4.78 is 0. The molecule has 2 rings (SSSR count). The number of aliphatic hydroxyl groups is 1. The lowest BCUT2D eigenvalue weighted by Gasteiger charge is -2.34. The van der Waals surface area contributed by atoms with Gasteiger partial charge in [-0.05, 0) is 37.0 Å². The highest BCUT2D eigenvalue weighted by molar-refractivity contribution is 5.51. The van der Waals surface area contributed by atoms with Crippen molar-refractivity contribution in [1.29, 1.82) is 0 Å². The van der Waals surface area contributed by atoms with E-state index in [-0.39, 0.29) is 0 Å². The summed E-state index contributed by atoms with van der Waals surface area (Å²) in [6.45, 7) is 6.55. The minimum Gasteiger partial charge on any atom is -0.398 e. The first kappa shape index (κ1) is 12.4. The van der Waals surface area contributed by atoms with E-state index >= 15 is 0 Å². The Kier molecular flexibility index (Phi) is 3.40. The van der Waals surface area contributed by atoms with Crippen LogP contribution in [0.3, 0.4) is 0 Å². The van der Waals surface area contributed by atoms with E-state index in [4.69, 9.17) is 5.73 Å². The fraction of sp³-hybridized carbons (Fsp3) is 0.571. The van der Waals surface area contributed by atoms with Gasteiger partial charge in [0.2, 0.25) is 0 Å². The minimum atomic E-state index is -0.585. The predicted molar refractivity (Wildman–Crippen MR) is 70.8 cm³/mol. The fourth-order valence-corrected chi connectivity index (χ4v) is 2.43. The molecule has 1 atom stereocenters. The number of anilines is 1. The van der Waals surface area contributed by atoms with Crippen LogP contribution >= 0.6 is 0 Å². The Morgan fingerprint density at radius 3 is 2.94 bits per heavy atom. The van der Waals surface area contributed by atoms with Crippen molar-refractivity contribution >= 4 is 5.69 Å². The highest BCUT2D eigenvalue weighted by Gasteiger charge is 2.25. The number of rotatable bonds is 3. The smallest absolute Gasteiger partial charge is 0.0743 e. The molecule has 0 amide bonds. The third kappa shape index (κ3) is 2.79. The summed E-state index contributed by atoms with van der Waals surface area (Å²) in [6, 6.07) is 6.12. The van der Waals surface area contributed by atoms with E-state index in [1.807, 2.05) is 26.0 Å². The average Bonchev–Trinajstić information content (AvgIpc) is 2.29. The van der Waals surface area contributed by atoms with E-state index in [2.05, 4.69) is 11.0 Å². The van der Waals surface area contributed by atoms with Gasteiger partial charge in [0.1, 0.15) is 0 Å². The Hall–Kier alpha value is -1.06. The van der Waals surface area contributed by atoms with Crippen LogP contribution in [0.2, 0.25) is 0 Å².